The Morgan fingerprint density at radius 3 is 2.76 bits per heavy atom. The second-order valence-corrected chi connectivity index (χ2v) is 4.23. The number of hydrogen-bond donors (Lipinski definition) is 1. The minimum Gasteiger partial charge on any atom is -0.495 e. The highest BCUT2D eigenvalue weighted by molar-refractivity contribution is 6.32. The highest BCUT2D eigenvalue weighted by atomic mass is 35.5. The molecule has 0 aromatic heterocycles. The van der Waals surface area contributed by atoms with E-state index >= 15 is 0 Å². The van der Waals surface area contributed by atoms with E-state index < -0.39 is 0 Å². The summed E-state index contributed by atoms with van der Waals surface area (Å²) in [5, 5.41) is 1.70. The van der Waals surface area contributed by atoms with E-state index in [9.17, 15) is 4.79 Å². The molecule has 0 saturated heterocycles. The summed E-state index contributed by atoms with van der Waals surface area (Å²) in [4.78, 5) is 11.3. The molecule has 1 aromatic rings. The molecular weight excluding hydrogens is 240 g/mol. The summed E-state index contributed by atoms with van der Waals surface area (Å²) in [5.41, 5.74) is 1.09. The van der Waals surface area contributed by atoms with Gasteiger partial charge in [0.1, 0.15) is 5.75 Å². The minimum absolute atomic E-state index is 0.0652. The molecule has 0 saturated carbocycles. The molecule has 4 nitrogen and oxygen atoms in total. The summed E-state index contributed by atoms with van der Waals surface area (Å²) in [6.07, 6.45) is 1.99. The van der Waals surface area contributed by atoms with Crippen molar-refractivity contribution >= 4 is 17.5 Å². The Bertz CT molecular complexity index is 394. The van der Waals surface area contributed by atoms with E-state index in [0.29, 0.717) is 17.2 Å². The standard InChI is InChI=1S/C12H17ClN2O2/c1-15(14)12(16)5-3-4-9-6-7-11(17-2)10(13)8-9/h6-8H,3-5,14H2,1-2H3. The van der Waals surface area contributed by atoms with Crippen molar-refractivity contribution in [1.29, 1.82) is 0 Å². The number of amides is 1. The molecule has 0 aliphatic rings. The number of carbonyl (C=O) groups excluding carboxylic acids is 1. The van der Waals surface area contributed by atoms with Gasteiger partial charge in [-0.15, -0.1) is 0 Å². The lowest BCUT2D eigenvalue weighted by molar-refractivity contribution is -0.130. The fourth-order valence-corrected chi connectivity index (χ4v) is 1.77. The molecule has 0 radical (unpaired) electrons. The molecule has 0 aliphatic carbocycles. The van der Waals surface area contributed by atoms with E-state index in [2.05, 4.69) is 0 Å². The number of hydrogen-bond acceptors (Lipinski definition) is 3. The summed E-state index contributed by atoms with van der Waals surface area (Å²) >= 11 is 6.00. The Morgan fingerprint density at radius 2 is 2.24 bits per heavy atom. The van der Waals surface area contributed by atoms with Crippen molar-refractivity contribution in [2.24, 2.45) is 5.84 Å². The number of rotatable bonds is 5. The molecule has 1 rings (SSSR count). The summed E-state index contributed by atoms with van der Waals surface area (Å²) < 4.78 is 5.06. The number of methoxy groups -OCH3 is 1. The van der Waals surface area contributed by atoms with Crippen molar-refractivity contribution in [3.05, 3.63) is 28.8 Å². The first-order chi connectivity index (χ1) is 8.04. The van der Waals surface area contributed by atoms with Crippen LogP contribution in [0.1, 0.15) is 18.4 Å². The van der Waals surface area contributed by atoms with Gasteiger partial charge in [0.25, 0.3) is 0 Å². The highest BCUT2D eigenvalue weighted by Crippen LogP contribution is 2.25. The molecule has 0 heterocycles. The van der Waals surface area contributed by atoms with E-state index in [4.69, 9.17) is 22.2 Å². The van der Waals surface area contributed by atoms with Gasteiger partial charge in [0.15, 0.2) is 0 Å². The second-order valence-electron chi connectivity index (χ2n) is 3.83. The second kappa shape index (κ2) is 6.47. The van der Waals surface area contributed by atoms with E-state index in [-0.39, 0.29) is 5.91 Å². The molecule has 94 valence electrons. The monoisotopic (exact) mass is 256 g/mol. The van der Waals surface area contributed by atoms with Crippen LogP contribution in [-0.4, -0.2) is 25.1 Å². The number of hydrazine groups is 1. The molecule has 0 fully saturated rings. The van der Waals surface area contributed by atoms with Gasteiger partial charge >= 0.3 is 0 Å². The van der Waals surface area contributed by atoms with Crippen molar-refractivity contribution in [3.63, 3.8) is 0 Å². The number of ether oxygens (including phenoxy) is 1. The first-order valence-corrected chi connectivity index (χ1v) is 5.76. The van der Waals surface area contributed by atoms with Gasteiger partial charge in [0.05, 0.1) is 12.1 Å². The molecule has 0 aliphatic heterocycles. The van der Waals surface area contributed by atoms with Gasteiger partial charge in [-0.1, -0.05) is 17.7 Å². The van der Waals surface area contributed by atoms with Crippen LogP contribution in [0.4, 0.5) is 0 Å². The van der Waals surface area contributed by atoms with E-state index in [1.807, 2.05) is 18.2 Å². The summed E-state index contributed by atoms with van der Waals surface area (Å²) in [6, 6.07) is 5.63. The van der Waals surface area contributed by atoms with Crippen LogP contribution in [-0.2, 0) is 11.2 Å². The van der Waals surface area contributed by atoms with Crippen LogP contribution in [0.25, 0.3) is 0 Å². The van der Waals surface area contributed by atoms with E-state index in [0.717, 1.165) is 23.4 Å². The molecule has 1 amide bonds. The number of nitrogens with two attached hydrogens (primary N) is 1. The highest BCUT2D eigenvalue weighted by Gasteiger charge is 2.05. The molecule has 17 heavy (non-hydrogen) atoms. The topological polar surface area (TPSA) is 55.6 Å². The summed E-state index contributed by atoms with van der Waals surface area (Å²) in [7, 11) is 3.13. The average molecular weight is 257 g/mol. The number of carbonyl (C=O) groups is 1. The predicted octanol–water partition coefficient (Wildman–Crippen LogP) is 2.00. The number of benzene rings is 1. The van der Waals surface area contributed by atoms with Crippen molar-refractivity contribution in [2.75, 3.05) is 14.2 Å². The van der Waals surface area contributed by atoms with Crippen LogP contribution in [0.3, 0.4) is 0 Å². The summed E-state index contributed by atoms with van der Waals surface area (Å²) in [5.74, 6) is 5.92. The fourth-order valence-electron chi connectivity index (χ4n) is 1.49. The lowest BCUT2D eigenvalue weighted by atomic mass is 10.1. The third kappa shape index (κ3) is 4.24. The van der Waals surface area contributed by atoms with Crippen LogP contribution in [0.5, 0.6) is 5.75 Å². The van der Waals surface area contributed by atoms with Crippen LogP contribution >= 0.6 is 11.6 Å². The Balaban J connectivity index is 2.47. The Labute approximate surface area is 106 Å². The fraction of sp³-hybridized carbons (Fsp3) is 0.417. The SMILES string of the molecule is COc1ccc(CCCC(=O)N(C)N)cc1Cl. The smallest absolute Gasteiger partial charge is 0.236 e. The minimum atomic E-state index is -0.0652. The Morgan fingerprint density at radius 1 is 1.53 bits per heavy atom. The number of aryl methyl sites for hydroxylation is 1. The van der Waals surface area contributed by atoms with Gasteiger partial charge < -0.3 is 4.74 Å². The van der Waals surface area contributed by atoms with Crippen molar-refractivity contribution in [2.45, 2.75) is 19.3 Å². The van der Waals surface area contributed by atoms with Crippen LogP contribution < -0.4 is 10.6 Å². The molecule has 5 heteroatoms. The average Bonchev–Trinajstić information content (AvgIpc) is 2.29. The predicted molar refractivity (Wildman–Crippen MR) is 67.9 cm³/mol. The molecule has 0 unspecified atom stereocenters. The van der Waals surface area contributed by atoms with Gasteiger partial charge in [-0.25, -0.2) is 5.84 Å². The first-order valence-electron chi connectivity index (χ1n) is 5.38. The van der Waals surface area contributed by atoms with E-state index in [1.165, 1.54) is 0 Å². The normalized spacial score (nSPS) is 10.1. The molecular formula is C12H17ClN2O2. The zero-order valence-electron chi connectivity index (χ0n) is 10.1. The maximum atomic E-state index is 11.3. The van der Waals surface area contributed by atoms with Gasteiger partial charge in [-0.05, 0) is 30.5 Å². The lowest BCUT2D eigenvalue weighted by Gasteiger charge is -2.09. The zero-order valence-corrected chi connectivity index (χ0v) is 10.8. The maximum Gasteiger partial charge on any atom is 0.236 e. The first kappa shape index (κ1) is 13.8. The Hall–Kier alpha value is -1.26. The third-order valence-electron chi connectivity index (χ3n) is 2.47. The van der Waals surface area contributed by atoms with Crippen molar-refractivity contribution in [3.8, 4) is 5.75 Å². The third-order valence-corrected chi connectivity index (χ3v) is 2.76. The molecule has 0 spiro atoms. The number of nitrogens with zero attached hydrogens (tertiary/aromatic N) is 1. The van der Waals surface area contributed by atoms with Gasteiger partial charge in [0.2, 0.25) is 5.91 Å². The van der Waals surface area contributed by atoms with Crippen LogP contribution in [0.2, 0.25) is 5.02 Å². The quantitative estimate of drug-likeness (QED) is 0.498. The van der Waals surface area contributed by atoms with E-state index in [1.54, 1.807) is 14.2 Å². The largest absolute Gasteiger partial charge is 0.495 e. The van der Waals surface area contributed by atoms with Crippen molar-refractivity contribution < 1.29 is 9.53 Å². The van der Waals surface area contributed by atoms with Gasteiger partial charge in [-0.2, -0.15) is 0 Å². The maximum absolute atomic E-state index is 11.3. The van der Waals surface area contributed by atoms with Gasteiger partial charge in [-0.3, -0.25) is 9.80 Å². The summed E-state index contributed by atoms with van der Waals surface area (Å²) in [6.45, 7) is 0. The number of halogens is 1. The van der Waals surface area contributed by atoms with Gasteiger partial charge in [0, 0.05) is 13.5 Å². The molecule has 0 bridgehead atoms. The zero-order chi connectivity index (χ0) is 12.8. The molecule has 1 aromatic carbocycles. The lowest BCUT2D eigenvalue weighted by Crippen LogP contribution is -2.32. The van der Waals surface area contributed by atoms with Crippen LogP contribution in [0, 0.1) is 0 Å². The van der Waals surface area contributed by atoms with Crippen LogP contribution in [0.15, 0.2) is 18.2 Å². The molecule has 0 atom stereocenters. The Kier molecular flexibility index (Phi) is 5.25. The molecule has 2 N–H and O–H groups in total. The van der Waals surface area contributed by atoms with Crippen molar-refractivity contribution in [1.82, 2.24) is 5.01 Å².